The third kappa shape index (κ3) is 3.41. The lowest BCUT2D eigenvalue weighted by molar-refractivity contribution is 0.100. The molecule has 0 radical (unpaired) electrons. The monoisotopic (exact) mass is 257 g/mol. The van der Waals surface area contributed by atoms with Gasteiger partial charge in [-0.3, -0.25) is 9.78 Å². The van der Waals surface area contributed by atoms with Crippen LogP contribution in [0.3, 0.4) is 0 Å². The molecule has 0 aliphatic carbocycles. The van der Waals surface area contributed by atoms with E-state index in [1.807, 2.05) is 18.2 Å². The third-order valence-electron chi connectivity index (χ3n) is 2.57. The number of hydrogen-bond acceptors (Lipinski definition) is 5. The molecule has 19 heavy (non-hydrogen) atoms. The highest BCUT2D eigenvalue weighted by Gasteiger charge is 2.09. The van der Waals surface area contributed by atoms with Crippen LogP contribution in [0.4, 0.5) is 11.5 Å². The molecule has 1 amide bonds. The molecule has 6 nitrogen and oxygen atoms in total. The molecule has 2 rings (SSSR count). The number of nitrogens with one attached hydrogen (secondary N) is 1. The second-order valence-electron chi connectivity index (χ2n) is 4.03. The Morgan fingerprint density at radius 1 is 1.32 bits per heavy atom. The van der Waals surface area contributed by atoms with Crippen molar-refractivity contribution < 1.29 is 4.79 Å². The molecule has 0 fully saturated rings. The van der Waals surface area contributed by atoms with E-state index in [2.05, 4.69) is 15.3 Å². The van der Waals surface area contributed by atoms with Gasteiger partial charge in [0, 0.05) is 24.9 Å². The molecule has 0 atom stereocenters. The average molecular weight is 257 g/mol. The fourth-order valence-corrected chi connectivity index (χ4v) is 1.66. The van der Waals surface area contributed by atoms with Crippen molar-refractivity contribution in [2.45, 2.75) is 6.42 Å². The highest BCUT2D eigenvalue weighted by Crippen LogP contribution is 2.14. The summed E-state index contributed by atoms with van der Waals surface area (Å²) in [6.07, 6.45) is 3.95. The van der Waals surface area contributed by atoms with Gasteiger partial charge in [-0.15, -0.1) is 0 Å². The Morgan fingerprint density at radius 3 is 2.84 bits per heavy atom. The maximum absolute atomic E-state index is 11.3. The van der Waals surface area contributed by atoms with Crippen molar-refractivity contribution in [2.75, 3.05) is 17.6 Å². The molecule has 0 spiro atoms. The molecule has 0 aliphatic heterocycles. The number of anilines is 2. The van der Waals surface area contributed by atoms with Gasteiger partial charge in [0.05, 0.1) is 17.4 Å². The molecule has 0 bridgehead atoms. The van der Waals surface area contributed by atoms with Crippen molar-refractivity contribution in [3.8, 4) is 0 Å². The van der Waals surface area contributed by atoms with Crippen molar-refractivity contribution in [3.05, 3.63) is 47.9 Å². The van der Waals surface area contributed by atoms with Gasteiger partial charge in [0.1, 0.15) is 5.82 Å². The van der Waals surface area contributed by atoms with Gasteiger partial charge in [-0.05, 0) is 18.2 Å². The molecule has 0 aromatic carbocycles. The van der Waals surface area contributed by atoms with E-state index < -0.39 is 5.91 Å². The highest BCUT2D eigenvalue weighted by molar-refractivity contribution is 5.98. The number of primary amides is 1. The molecule has 2 aromatic rings. The van der Waals surface area contributed by atoms with E-state index in [0.29, 0.717) is 23.6 Å². The molecule has 98 valence electrons. The molecule has 0 saturated heterocycles. The maximum atomic E-state index is 11.3. The van der Waals surface area contributed by atoms with Crippen LogP contribution in [-0.2, 0) is 6.42 Å². The summed E-state index contributed by atoms with van der Waals surface area (Å²) in [7, 11) is 0. The Labute approximate surface area is 110 Å². The predicted octanol–water partition coefficient (Wildman–Crippen LogP) is 0.812. The average Bonchev–Trinajstić information content (AvgIpc) is 2.41. The van der Waals surface area contributed by atoms with Crippen molar-refractivity contribution in [3.63, 3.8) is 0 Å². The van der Waals surface area contributed by atoms with Crippen LogP contribution in [0.25, 0.3) is 0 Å². The summed E-state index contributed by atoms with van der Waals surface area (Å²) >= 11 is 0. The number of pyridine rings is 2. The topological polar surface area (TPSA) is 107 Å². The molecular formula is C13H15N5O. The van der Waals surface area contributed by atoms with E-state index in [4.69, 9.17) is 11.5 Å². The maximum Gasteiger partial charge on any atom is 0.252 e. The van der Waals surface area contributed by atoms with Crippen LogP contribution in [0.15, 0.2) is 36.7 Å². The fourth-order valence-electron chi connectivity index (χ4n) is 1.66. The second kappa shape index (κ2) is 5.81. The van der Waals surface area contributed by atoms with Crippen LogP contribution in [0.1, 0.15) is 16.1 Å². The molecular weight excluding hydrogens is 242 g/mol. The van der Waals surface area contributed by atoms with Crippen LogP contribution in [0, 0.1) is 0 Å². The third-order valence-corrected chi connectivity index (χ3v) is 2.57. The number of amides is 1. The number of carbonyl (C=O) groups excluding carboxylic acids is 1. The smallest absolute Gasteiger partial charge is 0.252 e. The largest absolute Gasteiger partial charge is 0.397 e. The van der Waals surface area contributed by atoms with E-state index in [9.17, 15) is 4.79 Å². The zero-order valence-corrected chi connectivity index (χ0v) is 10.3. The van der Waals surface area contributed by atoms with Crippen LogP contribution in [0.2, 0.25) is 0 Å². The molecule has 6 heteroatoms. The Kier molecular flexibility index (Phi) is 3.92. The van der Waals surface area contributed by atoms with Gasteiger partial charge in [-0.1, -0.05) is 6.07 Å². The summed E-state index contributed by atoms with van der Waals surface area (Å²) in [5.41, 5.74) is 12.5. The normalized spacial score (nSPS) is 10.1. The Hall–Kier alpha value is -2.63. The number of aromatic nitrogens is 2. The molecule has 0 unspecified atom stereocenters. The summed E-state index contributed by atoms with van der Waals surface area (Å²) in [6.45, 7) is 0.605. The fraction of sp³-hybridized carbons (Fsp3) is 0.154. The number of hydrogen-bond donors (Lipinski definition) is 3. The number of nitrogens with two attached hydrogens (primary N) is 2. The quantitative estimate of drug-likeness (QED) is 0.734. The number of nitrogen functional groups attached to an aromatic ring is 1. The van der Waals surface area contributed by atoms with Gasteiger partial charge in [0.25, 0.3) is 5.91 Å². The minimum absolute atomic E-state index is 0.293. The Balaban J connectivity index is 2.02. The molecule has 0 aliphatic rings. The van der Waals surface area contributed by atoms with E-state index >= 15 is 0 Å². The zero-order chi connectivity index (χ0) is 13.7. The Bertz CT molecular complexity index is 571. The lowest BCUT2D eigenvalue weighted by atomic mass is 10.2. The minimum Gasteiger partial charge on any atom is -0.397 e. The van der Waals surface area contributed by atoms with Crippen LogP contribution in [0.5, 0.6) is 0 Å². The summed E-state index contributed by atoms with van der Waals surface area (Å²) in [5.74, 6) is -0.113. The van der Waals surface area contributed by atoms with E-state index in [-0.39, 0.29) is 0 Å². The van der Waals surface area contributed by atoms with Gasteiger partial charge in [0.2, 0.25) is 0 Å². The van der Waals surface area contributed by atoms with E-state index in [1.165, 1.54) is 12.3 Å². The summed E-state index contributed by atoms with van der Waals surface area (Å²) < 4.78 is 0. The van der Waals surface area contributed by atoms with Gasteiger partial charge < -0.3 is 16.8 Å². The van der Waals surface area contributed by atoms with Crippen LogP contribution in [-0.4, -0.2) is 22.4 Å². The minimum atomic E-state index is -0.555. The van der Waals surface area contributed by atoms with Crippen molar-refractivity contribution in [2.24, 2.45) is 5.73 Å². The lowest BCUT2D eigenvalue weighted by Crippen LogP contribution is -2.17. The van der Waals surface area contributed by atoms with E-state index in [0.717, 1.165) is 12.1 Å². The Morgan fingerprint density at radius 2 is 2.16 bits per heavy atom. The van der Waals surface area contributed by atoms with Gasteiger partial charge in [0.15, 0.2) is 0 Å². The highest BCUT2D eigenvalue weighted by atomic mass is 16.1. The SMILES string of the molecule is NC(=O)c1cc(N)cnc1NCCc1ccccn1. The summed E-state index contributed by atoms with van der Waals surface area (Å²) in [4.78, 5) is 19.6. The summed E-state index contributed by atoms with van der Waals surface area (Å²) in [5, 5.41) is 3.06. The second-order valence-corrected chi connectivity index (χ2v) is 4.03. The van der Waals surface area contributed by atoms with Gasteiger partial charge in [-0.25, -0.2) is 4.98 Å². The van der Waals surface area contributed by atoms with Crippen LogP contribution >= 0.6 is 0 Å². The number of rotatable bonds is 5. The first-order valence-electron chi connectivity index (χ1n) is 5.86. The number of carbonyl (C=O) groups is 1. The van der Waals surface area contributed by atoms with Gasteiger partial charge >= 0.3 is 0 Å². The van der Waals surface area contributed by atoms with Crippen molar-refractivity contribution in [1.29, 1.82) is 0 Å². The predicted molar refractivity (Wildman–Crippen MR) is 73.6 cm³/mol. The van der Waals surface area contributed by atoms with E-state index in [1.54, 1.807) is 6.20 Å². The van der Waals surface area contributed by atoms with Crippen molar-refractivity contribution >= 4 is 17.4 Å². The first-order chi connectivity index (χ1) is 9.16. The first kappa shape index (κ1) is 12.8. The first-order valence-corrected chi connectivity index (χ1v) is 5.86. The lowest BCUT2D eigenvalue weighted by Gasteiger charge is -2.09. The molecule has 2 aromatic heterocycles. The molecule has 2 heterocycles. The molecule has 0 saturated carbocycles. The van der Waals surface area contributed by atoms with Crippen LogP contribution < -0.4 is 16.8 Å². The zero-order valence-electron chi connectivity index (χ0n) is 10.3. The standard InChI is InChI=1S/C13H15N5O/c14-9-7-11(12(15)19)13(18-8-9)17-6-4-10-3-1-2-5-16-10/h1-3,5,7-8H,4,6,14H2,(H2,15,19)(H,17,18). The summed E-state index contributed by atoms with van der Waals surface area (Å²) in [6, 6.07) is 7.24. The van der Waals surface area contributed by atoms with Gasteiger partial charge in [-0.2, -0.15) is 0 Å². The number of nitrogens with zero attached hydrogens (tertiary/aromatic N) is 2. The molecule has 5 N–H and O–H groups in total. The van der Waals surface area contributed by atoms with Crippen molar-refractivity contribution in [1.82, 2.24) is 9.97 Å².